The molecule has 3 heteroatoms. The molecule has 0 radical (unpaired) electrons. The number of unbranched alkanes of at least 4 members (excludes halogenated alkanes) is 32. The van der Waals surface area contributed by atoms with Crippen LogP contribution in [0.25, 0.3) is 16.9 Å². The van der Waals surface area contributed by atoms with Crippen molar-refractivity contribution in [3.63, 3.8) is 0 Å². The molecule has 0 amide bonds. The fourth-order valence-electron chi connectivity index (χ4n) is 9.20. The predicted molar refractivity (Wildman–Crippen MR) is 310 cm³/mol. The molecule has 0 saturated heterocycles. The van der Waals surface area contributed by atoms with Crippen LogP contribution in [-0.4, -0.2) is 4.70 Å². The molecule has 0 spiro atoms. The Kier molecular flexibility index (Phi) is 48.4. The zero-order chi connectivity index (χ0) is 50.3. The molecule has 2 aromatic rings. The molecule has 400 valence electrons. The summed E-state index contributed by atoms with van der Waals surface area (Å²) in [5.41, 5.74) is 21.0. The molecule has 0 aromatic heterocycles. The van der Waals surface area contributed by atoms with Gasteiger partial charge < -0.3 is 19.4 Å². The van der Waals surface area contributed by atoms with Crippen LogP contribution in [0.5, 0.6) is 0 Å². The molecule has 1 heterocycles. The van der Waals surface area contributed by atoms with E-state index in [9.17, 15) is 5.53 Å². The molecule has 0 saturated carbocycles. The number of aryl methyl sites for hydroxylation is 2. The molecule has 2 aromatic carbocycles. The van der Waals surface area contributed by atoms with E-state index in [1.165, 1.54) is 233 Å². The Morgan fingerprint density at radius 3 is 1.00 bits per heavy atom. The molecule has 2 nitrogen and oxygen atoms in total. The van der Waals surface area contributed by atoms with Gasteiger partial charge in [-0.1, -0.05) is 277 Å². The molecule has 0 bridgehead atoms. The summed E-state index contributed by atoms with van der Waals surface area (Å²) in [7, 11) is 0. The quantitative estimate of drug-likeness (QED) is 0.0209. The minimum Gasteiger partial charge on any atom is -0.493 e. The van der Waals surface area contributed by atoms with E-state index in [-0.39, 0.29) is 16.5 Å². The van der Waals surface area contributed by atoms with Crippen molar-refractivity contribution >= 4 is 11.4 Å². The predicted octanol–water partition coefficient (Wildman–Crippen LogP) is 22.9. The largest absolute Gasteiger partial charge is 2.00 e. The first-order valence-electron chi connectivity index (χ1n) is 30.2. The standard InChI is InChI=1S/C59H94N2.2C4H9.Ni/c1-5-9-13-15-16-17-18-19-20-21-22-23-24-25-26-27-28-29-30-31-32-33-34-35-37-39-43-57-56(42-38-36-14-10-6-2)58(54-48-44-52(45-49-54)40-11-7-3)61(60)59(57)55-50-46-53(47-51-55)41-12-8-4;2*1-3-4-2;/h44-51H,5-38,40-42H2,1-4H3;2*1,3-4H2,2H3;/q;2*-1;+2. The second-order valence-corrected chi connectivity index (χ2v) is 20.5. The number of benzene rings is 2. The van der Waals surface area contributed by atoms with Crippen molar-refractivity contribution in [1.82, 2.24) is 0 Å². The van der Waals surface area contributed by atoms with Crippen molar-refractivity contribution in [2.24, 2.45) is 0 Å². The first kappa shape index (κ1) is 67.6. The van der Waals surface area contributed by atoms with Gasteiger partial charge in [-0.3, -0.25) is 0 Å². The third-order valence-corrected chi connectivity index (χ3v) is 13.9. The Labute approximate surface area is 448 Å². The normalized spacial score (nSPS) is 12.0. The molecular formula is C67H112N2Ni. The molecular weight excluding hydrogens is 891 g/mol. The summed E-state index contributed by atoms with van der Waals surface area (Å²) in [6.45, 7) is 20.5. The van der Waals surface area contributed by atoms with E-state index < -0.39 is 0 Å². The van der Waals surface area contributed by atoms with Gasteiger partial charge in [-0.15, -0.1) is 0 Å². The van der Waals surface area contributed by atoms with Crippen molar-refractivity contribution in [1.29, 1.82) is 0 Å². The van der Waals surface area contributed by atoms with Crippen LogP contribution in [0.15, 0.2) is 59.7 Å². The van der Waals surface area contributed by atoms with E-state index in [1.807, 2.05) is 0 Å². The summed E-state index contributed by atoms with van der Waals surface area (Å²) in [6, 6.07) is 17.9. The van der Waals surface area contributed by atoms with Crippen molar-refractivity contribution in [2.45, 2.75) is 305 Å². The van der Waals surface area contributed by atoms with E-state index in [2.05, 4.69) is 116 Å². The molecule has 0 atom stereocenters. The van der Waals surface area contributed by atoms with Gasteiger partial charge in [0, 0.05) is 23.1 Å². The van der Waals surface area contributed by atoms with Gasteiger partial charge >= 0.3 is 16.5 Å². The van der Waals surface area contributed by atoms with Crippen LogP contribution in [0, 0.1) is 25.7 Å². The first-order valence-corrected chi connectivity index (χ1v) is 30.2. The Hall–Kier alpha value is -2.43. The van der Waals surface area contributed by atoms with Crippen molar-refractivity contribution in [3.05, 3.63) is 101 Å². The first-order chi connectivity index (χ1) is 34.0. The monoisotopic (exact) mass is 1000 g/mol. The SMILES string of the molecule is CCCCCCCCCCCCCCCCCCCCCCCCCCC#CC1=C(c2ccc(CCCC)cc2)[N+](=[N-])C(c2ccc(CCCC)cc2)=C1CCCCCCC.[CH2-]CCC.[CH2-]CCC.[Ni+2]. The van der Waals surface area contributed by atoms with Crippen LogP contribution in [0.2, 0.25) is 0 Å². The maximum atomic E-state index is 12.1. The third kappa shape index (κ3) is 33.3. The average molecular weight is 1000 g/mol. The number of nitrogens with zero attached hydrogens (tertiary/aromatic N) is 2. The second kappa shape index (κ2) is 50.1. The van der Waals surface area contributed by atoms with E-state index in [0.717, 1.165) is 79.5 Å². The van der Waals surface area contributed by atoms with Crippen LogP contribution in [-0.2, 0) is 29.3 Å². The molecule has 0 unspecified atom stereocenters. The Balaban J connectivity index is 0.00000489. The third-order valence-electron chi connectivity index (χ3n) is 13.9. The average Bonchev–Trinajstić information content (AvgIpc) is 3.65. The topological polar surface area (TPSA) is 25.3 Å². The van der Waals surface area contributed by atoms with Gasteiger partial charge in [-0.25, -0.2) is 4.70 Å². The summed E-state index contributed by atoms with van der Waals surface area (Å²) >= 11 is 0. The van der Waals surface area contributed by atoms with Gasteiger partial charge in [0.25, 0.3) is 0 Å². The summed E-state index contributed by atoms with van der Waals surface area (Å²) in [6.07, 6.45) is 53.6. The van der Waals surface area contributed by atoms with E-state index >= 15 is 0 Å². The van der Waals surface area contributed by atoms with Crippen molar-refractivity contribution in [3.8, 4) is 11.8 Å². The summed E-state index contributed by atoms with van der Waals surface area (Å²) in [4.78, 5) is 0. The molecule has 3 rings (SSSR count). The summed E-state index contributed by atoms with van der Waals surface area (Å²) in [5, 5.41) is 0. The van der Waals surface area contributed by atoms with Gasteiger partial charge in [-0.2, -0.15) is 12.8 Å². The van der Waals surface area contributed by atoms with Gasteiger partial charge in [0.05, 0.1) is 0 Å². The van der Waals surface area contributed by atoms with Crippen molar-refractivity contribution < 1.29 is 21.2 Å². The minimum absolute atomic E-state index is 0. The minimum atomic E-state index is 0. The number of allylic oxidation sites excluding steroid dienone is 2. The van der Waals surface area contributed by atoms with Gasteiger partial charge in [0.1, 0.15) is 5.57 Å². The molecule has 0 aliphatic carbocycles. The zero-order valence-corrected chi connectivity index (χ0v) is 48.2. The van der Waals surface area contributed by atoms with Crippen LogP contribution in [0.4, 0.5) is 0 Å². The summed E-state index contributed by atoms with van der Waals surface area (Å²) < 4.78 is 1.49. The van der Waals surface area contributed by atoms with Gasteiger partial charge in [-0.05, 0) is 80.3 Å². The summed E-state index contributed by atoms with van der Waals surface area (Å²) in [5.74, 6) is 7.30. The van der Waals surface area contributed by atoms with Gasteiger partial charge in [0.15, 0.2) is 0 Å². The van der Waals surface area contributed by atoms with Crippen LogP contribution in [0.3, 0.4) is 0 Å². The molecule has 0 N–H and O–H groups in total. The Bertz CT molecular complexity index is 1590. The van der Waals surface area contributed by atoms with Gasteiger partial charge in [0.2, 0.25) is 11.4 Å². The molecule has 0 fully saturated rings. The van der Waals surface area contributed by atoms with Crippen LogP contribution >= 0.6 is 0 Å². The molecule has 1 aliphatic heterocycles. The number of hydrogen-bond donors (Lipinski definition) is 0. The fourth-order valence-corrected chi connectivity index (χ4v) is 9.20. The van der Waals surface area contributed by atoms with Crippen LogP contribution < -0.4 is 0 Å². The molecule has 70 heavy (non-hydrogen) atoms. The van der Waals surface area contributed by atoms with Crippen molar-refractivity contribution in [2.75, 3.05) is 0 Å². The molecule has 1 aliphatic rings. The second-order valence-electron chi connectivity index (χ2n) is 20.5. The van der Waals surface area contributed by atoms with E-state index in [0.29, 0.717) is 0 Å². The smallest absolute Gasteiger partial charge is 0.493 e. The maximum absolute atomic E-state index is 12.1. The number of rotatable bonds is 40. The maximum Gasteiger partial charge on any atom is 2.00 e. The Morgan fingerprint density at radius 1 is 0.371 bits per heavy atom. The zero-order valence-electron chi connectivity index (χ0n) is 47.2. The van der Waals surface area contributed by atoms with Crippen LogP contribution in [0.1, 0.15) is 314 Å². The van der Waals surface area contributed by atoms with E-state index in [4.69, 9.17) is 0 Å². The fraction of sp³-hybridized carbons (Fsp3) is 0.701. The van der Waals surface area contributed by atoms with E-state index in [1.54, 1.807) is 0 Å². The number of hydrogen-bond acceptors (Lipinski definition) is 0. The Morgan fingerprint density at radius 2 is 0.671 bits per heavy atom.